The van der Waals surface area contributed by atoms with Crippen LogP contribution in [0.1, 0.15) is 0 Å². The summed E-state index contributed by atoms with van der Waals surface area (Å²) in [5.41, 5.74) is 5.34. The number of rotatable bonds is 5. The molecule has 10 nitrogen and oxygen atoms in total. The van der Waals surface area contributed by atoms with Crippen LogP contribution in [0, 0.1) is 0 Å². The molecule has 24 heavy (non-hydrogen) atoms. The van der Waals surface area contributed by atoms with Crippen molar-refractivity contribution in [3.8, 4) is 0 Å². The normalized spacial score (nSPS) is 11.8. The van der Waals surface area contributed by atoms with Gasteiger partial charge in [0.25, 0.3) is 15.6 Å². The number of thiazole rings is 1. The number of sulfonamides is 1. The SMILES string of the molecule is Nc1[nH][nH]c(=O)c1N=Nc1ccc(S(=O)(=O)Nc2nccs2)cc1. The van der Waals surface area contributed by atoms with Crippen LogP contribution in [0.2, 0.25) is 0 Å². The summed E-state index contributed by atoms with van der Waals surface area (Å²) in [7, 11) is -3.73. The van der Waals surface area contributed by atoms with Gasteiger partial charge in [-0.15, -0.1) is 16.5 Å². The molecule has 0 saturated heterocycles. The van der Waals surface area contributed by atoms with Gasteiger partial charge in [0.2, 0.25) is 0 Å². The van der Waals surface area contributed by atoms with Crippen LogP contribution >= 0.6 is 11.3 Å². The molecular weight excluding hydrogens is 354 g/mol. The van der Waals surface area contributed by atoms with Crippen LogP contribution in [0.3, 0.4) is 0 Å². The number of azo groups is 1. The predicted molar refractivity (Wildman–Crippen MR) is 89.4 cm³/mol. The molecule has 5 N–H and O–H groups in total. The molecule has 0 aliphatic rings. The first-order valence-corrected chi connectivity index (χ1v) is 8.82. The standard InChI is InChI=1S/C12H11N7O3S2/c13-10-9(11(20)18-17-10)16-15-7-1-3-8(4-2-7)24(21,22)19-12-14-5-6-23-12/h1-6H,(H,14,19)(H4,13,17,18,20). The number of anilines is 2. The first kappa shape index (κ1) is 15.9. The van der Waals surface area contributed by atoms with E-state index in [0.29, 0.717) is 5.69 Å². The summed E-state index contributed by atoms with van der Waals surface area (Å²) in [6.07, 6.45) is 1.50. The monoisotopic (exact) mass is 365 g/mol. The first-order chi connectivity index (χ1) is 11.5. The molecular formula is C12H11N7O3S2. The third-order valence-corrected chi connectivity index (χ3v) is 5.02. The number of nitrogens with one attached hydrogen (secondary N) is 3. The molecule has 2 heterocycles. The Labute approximate surface area is 139 Å². The van der Waals surface area contributed by atoms with Crippen LogP contribution in [0.5, 0.6) is 0 Å². The number of aromatic amines is 2. The van der Waals surface area contributed by atoms with Gasteiger partial charge in [-0.1, -0.05) is 0 Å². The summed E-state index contributed by atoms with van der Waals surface area (Å²) in [5, 5.41) is 14.2. The number of nitrogens with zero attached hydrogens (tertiary/aromatic N) is 3. The molecule has 1 aromatic carbocycles. The Balaban J connectivity index is 1.79. The Kier molecular flexibility index (Phi) is 4.14. The highest BCUT2D eigenvalue weighted by Gasteiger charge is 2.15. The van der Waals surface area contributed by atoms with Crippen molar-refractivity contribution in [1.29, 1.82) is 0 Å². The summed E-state index contributed by atoms with van der Waals surface area (Å²) in [6.45, 7) is 0. The molecule has 3 aromatic rings. The van der Waals surface area contributed by atoms with E-state index in [1.165, 1.54) is 41.8 Å². The fraction of sp³-hybridized carbons (Fsp3) is 0. The van der Waals surface area contributed by atoms with Crippen LogP contribution in [0.25, 0.3) is 0 Å². The number of nitrogen functional groups attached to an aromatic ring is 1. The Morgan fingerprint density at radius 1 is 1.17 bits per heavy atom. The van der Waals surface area contributed by atoms with Gasteiger partial charge in [0.05, 0.1) is 10.6 Å². The molecule has 0 amide bonds. The Bertz CT molecular complexity index is 1020. The minimum atomic E-state index is -3.73. The van der Waals surface area contributed by atoms with Gasteiger partial charge in [0, 0.05) is 11.6 Å². The molecule has 0 unspecified atom stereocenters. The average molecular weight is 365 g/mol. The minimum absolute atomic E-state index is 0.0443. The van der Waals surface area contributed by atoms with E-state index in [-0.39, 0.29) is 21.5 Å². The number of H-pyrrole nitrogens is 2. The largest absolute Gasteiger partial charge is 0.382 e. The average Bonchev–Trinajstić information content (AvgIpc) is 3.16. The maximum Gasteiger partial charge on any atom is 0.293 e. The lowest BCUT2D eigenvalue weighted by atomic mass is 10.3. The highest BCUT2D eigenvalue weighted by atomic mass is 32.2. The van der Waals surface area contributed by atoms with Gasteiger partial charge in [-0.05, 0) is 24.3 Å². The van der Waals surface area contributed by atoms with Crippen molar-refractivity contribution in [2.24, 2.45) is 10.2 Å². The fourth-order valence-electron chi connectivity index (χ4n) is 1.71. The first-order valence-electron chi connectivity index (χ1n) is 6.46. The van der Waals surface area contributed by atoms with Crippen molar-refractivity contribution in [1.82, 2.24) is 15.2 Å². The van der Waals surface area contributed by atoms with Crippen molar-refractivity contribution < 1.29 is 8.42 Å². The minimum Gasteiger partial charge on any atom is -0.382 e. The number of hydrogen-bond acceptors (Lipinski definition) is 8. The molecule has 0 aliphatic carbocycles. The van der Waals surface area contributed by atoms with E-state index in [2.05, 4.69) is 30.1 Å². The van der Waals surface area contributed by atoms with Crippen molar-refractivity contribution in [2.75, 3.05) is 10.5 Å². The zero-order chi connectivity index (χ0) is 17.2. The lowest BCUT2D eigenvalue weighted by Crippen LogP contribution is -2.12. The molecule has 0 fully saturated rings. The molecule has 0 saturated carbocycles. The van der Waals surface area contributed by atoms with Gasteiger partial charge in [-0.3, -0.25) is 19.7 Å². The van der Waals surface area contributed by atoms with E-state index in [4.69, 9.17) is 5.73 Å². The van der Waals surface area contributed by atoms with Crippen LogP contribution in [0.4, 0.5) is 22.3 Å². The van der Waals surface area contributed by atoms with Crippen molar-refractivity contribution in [3.05, 3.63) is 46.2 Å². The lowest BCUT2D eigenvalue weighted by Gasteiger charge is -2.04. The molecule has 0 radical (unpaired) electrons. The molecule has 124 valence electrons. The second-order valence-corrected chi connectivity index (χ2v) is 7.06. The van der Waals surface area contributed by atoms with E-state index < -0.39 is 15.6 Å². The van der Waals surface area contributed by atoms with Gasteiger partial charge < -0.3 is 5.73 Å². The molecule has 0 bridgehead atoms. The quantitative estimate of drug-likeness (QED) is 0.508. The molecule has 3 rings (SSSR count). The van der Waals surface area contributed by atoms with E-state index in [9.17, 15) is 13.2 Å². The summed E-state index contributed by atoms with van der Waals surface area (Å²) < 4.78 is 26.7. The third-order valence-electron chi connectivity index (χ3n) is 2.85. The van der Waals surface area contributed by atoms with Crippen LogP contribution in [-0.2, 0) is 10.0 Å². The third kappa shape index (κ3) is 3.33. The zero-order valence-electron chi connectivity index (χ0n) is 11.9. The van der Waals surface area contributed by atoms with Gasteiger partial charge in [-0.2, -0.15) is 5.11 Å². The summed E-state index contributed by atoms with van der Waals surface area (Å²) >= 11 is 1.17. The maximum absolute atomic E-state index is 12.2. The summed E-state index contributed by atoms with van der Waals surface area (Å²) in [4.78, 5) is 15.3. The van der Waals surface area contributed by atoms with Crippen molar-refractivity contribution >= 4 is 43.7 Å². The Morgan fingerprint density at radius 2 is 1.92 bits per heavy atom. The van der Waals surface area contributed by atoms with Gasteiger partial charge in [-0.25, -0.2) is 13.4 Å². The number of aromatic nitrogens is 3. The fourth-order valence-corrected chi connectivity index (χ4v) is 3.50. The smallest absolute Gasteiger partial charge is 0.293 e. The van der Waals surface area contributed by atoms with Crippen molar-refractivity contribution in [3.63, 3.8) is 0 Å². The van der Waals surface area contributed by atoms with Crippen LogP contribution in [-0.4, -0.2) is 23.6 Å². The second kappa shape index (κ2) is 6.25. The molecule has 0 atom stereocenters. The topological polar surface area (TPSA) is 158 Å². The zero-order valence-corrected chi connectivity index (χ0v) is 13.6. The van der Waals surface area contributed by atoms with Crippen LogP contribution in [0.15, 0.2) is 55.8 Å². The van der Waals surface area contributed by atoms with Gasteiger partial charge in [0.1, 0.15) is 5.82 Å². The highest BCUT2D eigenvalue weighted by molar-refractivity contribution is 7.93. The molecule has 2 aromatic heterocycles. The lowest BCUT2D eigenvalue weighted by molar-refractivity contribution is 0.601. The van der Waals surface area contributed by atoms with E-state index >= 15 is 0 Å². The Morgan fingerprint density at radius 3 is 2.50 bits per heavy atom. The second-order valence-electron chi connectivity index (χ2n) is 4.48. The summed E-state index contributed by atoms with van der Waals surface area (Å²) in [5.74, 6) is 0.0654. The number of benzene rings is 1. The molecule has 12 heteroatoms. The number of hydrogen-bond donors (Lipinski definition) is 4. The van der Waals surface area contributed by atoms with E-state index in [1.807, 2.05) is 0 Å². The van der Waals surface area contributed by atoms with Gasteiger partial charge >= 0.3 is 0 Å². The maximum atomic E-state index is 12.2. The van der Waals surface area contributed by atoms with Gasteiger partial charge in [0.15, 0.2) is 10.8 Å². The summed E-state index contributed by atoms with van der Waals surface area (Å²) in [6, 6.07) is 5.65. The molecule has 0 aliphatic heterocycles. The highest BCUT2D eigenvalue weighted by Crippen LogP contribution is 2.22. The number of nitrogens with two attached hydrogens (primary N) is 1. The van der Waals surface area contributed by atoms with Crippen molar-refractivity contribution in [2.45, 2.75) is 4.90 Å². The predicted octanol–water partition coefficient (Wildman–Crippen LogP) is 1.96. The molecule has 0 spiro atoms. The van der Waals surface area contributed by atoms with E-state index in [0.717, 1.165) is 0 Å². The Hall–Kier alpha value is -2.99. The van der Waals surface area contributed by atoms with E-state index in [1.54, 1.807) is 5.38 Å². The van der Waals surface area contributed by atoms with Crippen LogP contribution < -0.4 is 16.0 Å².